The molecule has 0 aliphatic heterocycles. The van der Waals surface area contributed by atoms with Crippen molar-refractivity contribution in [3.8, 4) is 0 Å². The van der Waals surface area contributed by atoms with Gasteiger partial charge in [-0.15, -0.1) is 0 Å². The molecule has 5 N–H and O–H groups in total. The van der Waals surface area contributed by atoms with Crippen LogP contribution >= 0.6 is 0 Å². The molecule has 0 atom stereocenters. The van der Waals surface area contributed by atoms with Crippen LogP contribution in [-0.4, -0.2) is 15.0 Å². The van der Waals surface area contributed by atoms with Crippen LogP contribution in [0.25, 0.3) is 0 Å². The van der Waals surface area contributed by atoms with Gasteiger partial charge in [0.15, 0.2) is 0 Å². The predicted molar refractivity (Wildman–Crippen MR) is 67.9 cm³/mol. The van der Waals surface area contributed by atoms with Gasteiger partial charge in [-0.1, -0.05) is 0 Å². The summed E-state index contributed by atoms with van der Waals surface area (Å²) in [7, 11) is 0. The lowest BCUT2D eigenvalue weighted by molar-refractivity contribution is 1.15. The number of nitrogens with two attached hydrogens (primary N) is 2. The predicted octanol–water partition coefficient (Wildman–Crippen LogP) is 1.40. The average Bonchev–Trinajstić information content (AvgIpc) is 2.22. The third-order valence-corrected chi connectivity index (χ3v) is 2.37. The van der Waals surface area contributed by atoms with Gasteiger partial charge < -0.3 is 16.8 Å². The number of nitrogens with zero attached hydrogens (tertiary/aromatic N) is 3. The Labute approximate surface area is 99.1 Å². The van der Waals surface area contributed by atoms with E-state index in [0.29, 0.717) is 11.6 Å². The summed E-state index contributed by atoms with van der Waals surface area (Å²) in [6.45, 7) is 3.91. The van der Waals surface area contributed by atoms with E-state index in [0.717, 1.165) is 16.9 Å². The van der Waals surface area contributed by atoms with Crippen molar-refractivity contribution in [2.45, 2.75) is 13.8 Å². The Hall–Kier alpha value is -2.37. The monoisotopic (exact) mass is 230 g/mol. The molecule has 2 aromatic heterocycles. The molecule has 0 fully saturated rings. The smallest absolute Gasteiger partial charge is 0.223 e. The van der Waals surface area contributed by atoms with E-state index in [-0.39, 0.29) is 5.95 Å². The van der Waals surface area contributed by atoms with Gasteiger partial charge in [-0.05, 0) is 25.5 Å². The van der Waals surface area contributed by atoms with Crippen molar-refractivity contribution in [2.24, 2.45) is 0 Å². The Morgan fingerprint density at radius 2 is 1.94 bits per heavy atom. The summed E-state index contributed by atoms with van der Waals surface area (Å²) in [6.07, 6.45) is 1.76. The van der Waals surface area contributed by atoms with E-state index in [1.165, 1.54) is 0 Å². The zero-order valence-corrected chi connectivity index (χ0v) is 9.73. The van der Waals surface area contributed by atoms with Crippen LogP contribution in [0.1, 0.15) is 11.3 Å². The molecule has 2 aromatic rings. The second-order valence-corrected chi connectivity index (χ2v) is 3.75. The molecule has 0 saturated heterocycles. The van der Waals surface area contributed by atoms with Gasteiger partial charge in [-0.2, -0.15) is 9.97 Å². The molecular formula is C11H14N6. The number of rotatable bonds is 2. The van der Waals surface area contributed by atoms with Gasteiger partial charge >= 0.3 is 0 Å². The maximum Gasteiger partial charge on any atom is 0.223 e. The molecule has 0 bridgehead atoms. The van der Waals surface area contributed by atoms with Crippen LogP contribution in [0.2, 0.25) is 0 Å². The minimum absolute atomic E-state index is 0.145. The molecule has 6 nitrogen and oxygen atoms in total. The normalized spacial score (nSPS) is 10.2. The van der Waals surface area contributed by atoms with E-state index in [9.17, 15) is 0 Å². The van der Waals surface area contributed by atoms with Gasteiger partial charge in [-0.25, -0.2) is 0 Å². The highest BCUT2D eigenvalue weighted by Gasteiger charge is 2.05. The summed E-state index contributed by atoms with van der Waals surface area (Å²) in [5.74, 6) is 1.04. The standard InChI is InChI=1S/C11H14N6/c1-6-3-4-14-7(2)10(6)16-9-5-8(12)15-11(13)17-9/h3-5H,1-2H3,(H5,12,13,15,16,17). The molecule has 0 aromatic carbocycles. The van der Waals surface area contributed by atoms with E-state index in [4.69, 9.17) is 11.5 Å². The molecule has 88 valence electrons. The highest BCUT2D eigenvalue weighted by molar-refractivity contribution is 5.64. The summed E-state index contributed by atoms with van der Waals surface area (Å²) in [5.41, 5.74) is 14.0. The molecule has 6 heteroatoms. The van der Waals surface area contributed by atoms with Crippen LogP contribution < -0.4 is 16.8 Å². The van der Waals surface area contributed by atoms with Crippen LogP contribution in [0.3, 0.4) is 0 Å². The van der Waals surface area contributed by atoms with Gasteiger partial charge in [0.25, 0.3) is 0 Å². The summed E-state index contributed by atoms with van der Waals surface area (Å²) in [4.78, 5) is 12.1. The Bertz CT molecular complexity index is 511. The first-order chi connectivity index (χ1) is 8.06. The zero-order valence-electron chi connectivity index (χ0n) is 9.73. The highest BCUT2D eigenvalue weighted by atomic mass is 15.1. The number of aromatic nitrogens is 3. The topological polar surface area (TPSA) is 103 Å². The molecule has 0 spiro atoms. The van der Waals surface area contributed by atoms with Crippen molar-refractivity contribution in [2.75, 3.05) is 16.8 Å². The molecule has 2 rings (SSSR count). The third-order valence-electron chi connectivity index (χ3n) is 2.37. The summed E-state index contributed by atoms with van der Waals surface area (Å²) in [5, 5.41) is 3.15. The Kier molecular flexibility index (Phi) is 2.78. The first-order valence-electron chi connectivity index (χ1n) is 5.15. The van der Waals surface area contributed by atoms with Gasteiger partial charge in [-0.3, -0.25) is 4.98 Å². The lowest BCUT2D eigenvalue weighted by Gasteiger charge is -2.11. The fourth-order valence-electron chi connectivity index (χ4n) is 1.56. The van der Waals surface area contributed by atoms with E-state index >= 15 is 0 Å². The Morgan fingerprint density at radius 1 is 1.18 bits per heavy atom. The van der Waals surface area contributed by atoms with Gasteiger partial charge in [0, 0.05) is 12.3 Å². The SMILES string of the molecule is Cc1ccnc(C)c1Nc1cc(N)nc(N)n1. The van der Waals surface area contributed by atoms with Gasteiger partial charge in [0.1, 0.15) is 11.6 Å². The second-order valence-electron chi connectivity index (χ2n) is 3.75. The number of hydrogen-bond donors (Lipinski definition) is 3. The van der Waals surface area contributed by atoms with Crippen molar-refractivity contribution < 1.29 is 0 Å². The van der Waals surface area contributed by atoms with E-state index in [2.05, 4.69) is 20.3 Å². The molecular weight excluding hydrogens is 216 g/mol. The van der Waals surface area contributed by atoms with Crippen molar-refractivity contribution in [1.29, 1.82) is 0 Å². The van der Waals surface area contributed by atoms with Crippen LogP contribution in [-0.2, 0) is 0 Å². The molecule has 0 aliphatic rings. The maximum atomic E-state index is 5.60. The Morgan fingerprint density at radius 3 is 2.59 bits per heavy atom. The largest absolute Gasteiger partial charge is 0.383 e. The van der Waals surface area contributed by atoms with Gasteiger partial charge in [0.2, 0.25) is 5.95 Å². The molecule has 17 heavy (non-hydrogen) atoms. The van der Waals surface area contributed by atoms with Crippen LogP contribution in [0, 0.1) is 13.8 Å². The van der Waals surface area contributed by atoms with Crippen molar-refractivity contribution >= 4 is 23.3 Å². The van der Waals surface area contributed by atoms with Crippen molar-refractivity contribution in [3.05, 3.63) is 29.6 Å². The lowest BCUT2D eigenvalue weighted by atomic mass is 10.2. The second kappa shape index (κ2) is 4.25. The summed E-state index contributed by atoms with van der Waals surface area (Å²) < 4.78 is 0. The molecule has 0 saturated carbocycles. The molecule has 0 amide bonds. The molecule has 0 radical (unpaired) electrons. The van der Waals surface area contributed by atoms with E-state index in [1.54, 1.807) is 12.3 Å². The first kappa shape index (κ1) is 11.1. The highest BCUT2D eigenvalue weighted by Crippen LogP contribution is 2.22. The Balaban J connectivity index is 2.38. The quantitative estimate of drug-likeness (QED) is 0.720. The van der Waals surface area contributed by atoms with Crippen LogP contribution in [0.5, 0.6) is 0 Å². The minimum Gasteiger partial charge on any atom is -0.383 e. The van der Waals surface area contributed by atoms with Crippen molar-refractivity contribution in [3.63, 3.8) is 0 Å². The zero-order chi connectivity index (χ0) is 12.4. The van der Waals surface area contributed by atoms with Gasteiger partial charge in [0.05, 0.1) is 11.4 Å². The maximum absolute atomic E-state index is 5.60. The number of nitrogen functional groups attached to an aromatic ring is 2. The average molecular weight is 230 g/mol. The molecule has 0 aliphatic carbocycles. The number of hydrogen-bond acceptors (Lipinski definition) is 6. The summed E-state index contributed by atoms with van der Waals surface area (Å²) in [6, 6.07) is 3.55. The van der Waals surface area contributed by atoms with Crippen LogP contribution in [0.4, 0.5) is 23.3 Å². The third kappa shape index (κ3) is 2.41. The molecule has 0 unspecified atom stereocenters. The fraction of sp³-hybridized carbons (Fsp3) is 0.182. The van der Waals surface area contributed by atoms with Crippen LogP contribution in [0.15, 0.2) is 18.3 Å². The minimum atomic E-state index is 0.145. The number of pyridine rings is 1. The van der Waals surface area contributed by atoms with E-state index in [1.807, 2.05) is 19.9 Å². The van der Waals surface area contributed by atoms with Crippen molar-refractivity contribution in [1.82, 2.24) is 15.0 Å². The number of anilines is 4. The number of nitrogens with one attached hydrogen (secondary N) is 1. The fourth-order valence-corrected chi connectivity index (χ4v) is 1.56. The van der Waals surface area contributed by atoms with E-state index < -0.39 is 0 Å². The number of aryl methyl sites for hydroxylation is 2. The molecule has 2 heterocycles. The lowest BCUT2D eigenvalue weighted by Crippen LogP contribution is -2.04. The first-order valence-corrected chi connectivity index (χ1v) is 5.15. The summed E-state index contributed by atoms with van der Waals surface area (Å²) >= 11 is 0.